The van der Waals surface area contributed by atoms with Crippen molar-refractivity contribution in [2.45, 2.75) is 11.4 Å². The summed E-state index contributed by atoms with van der Waals surface area (Å²) < 4.78 is 27.1. The second kappa shape index (κ2) is 9.27. The smallest absolute Gasteiger partial charge is 0.286 e. The van der Waals surface area contributed by atoms with Gasteiger partial charge in [-0.05, 0) is 48.5 Å². The minimum Gasteiger partial charge on any atom is -0.286 e. The van der Waals surface area contributed by atoms with Gasteiger partial charge >= 0.3 is 5.69 Å². The number of hydrogen-bond acceptors (Lipinski definition) is 6. The van der Waals surface area contributed by atoms with Crippen molar-refractivity contribution in [3.8, 4) is 17.1 Å². The molecular weight excluding hydrogens is 539 g/mol. The van der Waals surface area contributed by atoms with Gasteiger partial charge in [-0.2, -0.15) is 0 Å². The quantitative estimate of drug-likeness (QED) is 0.353. The Labute approximate surface area is 220 Å². The van der Waals surface area contributed by atoms with Crippen LogP contribution in [-0.2, 0) is 23.6 Å². The highest BCUT2D eigenvalue weighted by molar-refractivity contribution is 7.89. The van der Waals surface area contributed by atoms with Gasteiger partial charge in [-0.25, -0.2) is 23.3 Å². The first kappa shape index (κ1) is 24.9. The SMILES string of the molecule is Cn1c(=O)c2c(nc(-c3ccccc3Cl)n2-c2ccc(Cl)cc2)n(Cc2ccc(S(N)(=O)=O)cn2)c1=O. The number of pyridine rings is 1. The van der Waals surface area contributed by atoms with Crippen LogP contribution in [0, 0.1) is 0 Å². The third-order valence-electron chi connectivity index (χ3n) is 5.79. The molecule has 13 heteroatoms. The number of imidazole rings is 1. The molecule has 5 rings (SSSR count). The van der Waals surface area contributed by atoms with Crippen molar-refractivity contribution >= 4 is 44.4 Å². The molecule has 0 radical (unpaired) electrons. The molecule has 10 nitrogen and oxygen atoms in total. The third-order valence-corrected chi connectivity index (χ3v) is 7.27. The van der Waals surface area contributed by atoms with Crippen LogP contribution in [0.25, 0.3) is 28.2 Å². The topological polar surface area (TPSA) is 135 Å². The molecule has 0 aliphatic heterocycles. The molecule has 0 aliphatic rings. The fourth-order valence-corrected chi connectivity index (χ4v) is 4.75. The van der Waals surface area contributed by atoms with E-state index in [2.05, 4.69) is 4.98 Å². The van der Waals surface area contributed by atoms with Gasteiger partial charge < -0.3 is 0 Å². The van der Waals surface area contributed by atoms with Crippen LogP contribution >= 0.6 is 23.2 Å². The average molecular weight is 557 g/mol. The average Bonchev–Trinajstić information content (AvgIpc) is 3.26. The lowest BCUT2D eigenvalue weighted by atomic mass is 10.2. The number of benzene rings is 2. The monoisotopic (exact) mass is 556 g/mol. The number of rotatable bonds is 5. The van der Waals surface area contributed by atoms with Crippen LogP contribution in [0.4, 0.5) is 0 Å². The molecule has 5 aromatic rings. The van der Waals surface area contributed by atoms with Crippen LogP contribution in [0.5, 0.6) is 0 Å². The summed E-state index contributed by atoms with van der Waals surface area (Å²) in [4.78, 5) is 35.3. The number of fused-ring (bicyclic) bond motifs is 1. The molecule has 0 fully saturated rings. The molecule has 2 aromatic carbocycles. The number of halogens is 2. The van der Waals surface area contributed by atoms with E-state index in [9.17, 15) is 18.0 Å². The fraction of sp³-hybridized carbons (Fsp3) is 0.0833. The predicted octanol–water partition coefficient (Wildman–Crippen LogP) is 2.95. The van der Waals surface area contributed by atoms with Gasteiger partial charge in [0.15, 0.2) is 11.2 Å². The highest BCUT2D eigenvalue weighted by Gasteiger charge is 2.24. The van der Waals surface area contributed by atoms with E-state index in [-0.39, 0.29) is 22.6 Å². The van der Waals surface area contributed by atoms with Gasteiger partial charge in [0.2, 0.25) is 10.0 Å². The molecule has 3 aromatic heterocycles. The Morgan fingerprint density at radius 2 is 1.68 bits per heavy atom. The molecule has 0 saturated heterocycles. The van der Waals surface area contributed by atoms with Crippen LogP contribution in [0.2, 0.25) is 10.0 Å². The summed E-state index contributed by atoms with van der Waals surface area (Å²) >= 11 is 12.6. The first-order valence-corrected chi connectivity index (χ1v) is 13.1. The fourth-order valence-electron chi connectivity index (χ4n) is 3.95. The molecule has 0 spiro atoms. The van der Waals surface area contributed by atoms with Gasteiger partial charge in [0.05, 0.1) is 17.3 Å². The van der Waals surface area contributed by atoms with Gasteiger partial charge in [-0.3, -0.25) is 23.5 Å². The van der Waals surface area contributed by atoms with E-state index in [1.165, 1.54) is 23.7 Å². The minimum absolute atomic E-state index is 0.0893. The van der Waals surface area contributed by atoms with Gasteiger partial charge in [0, 0.05) is 29.5 Å². The standard InChI is InChI=1S/C24H18Cl2N6O4S/c1-30-23(33)20-22(31(24(30)34)13-15-8-11-17(12-28-15)37(27,35)36)29-21(18-4-2-3-5-19(18)26)32(20)16-9-6-14(25)7-10-16/h2-12H,13H2,1H3,(H2,27,35,36). The number of aromatic nitrogens is 5. The van der Waals surface area contributed by atoms with Gasteiger partial charge in [-0.15, -0.1) is 0 Å². The van der Waals surface area contributed by atoms with E-state index in [4.69, 9.17) is 33.3 Å². The molecule has 0 aliphatic carbocycles. The maximum absolute atomic E-state index is 13.4. The van der Waals surface area contributed by atoms with Crippen LogP contribution in [0.15, 0.2) is 81.3 Å². The summed E-state index contributed by atoms with van der Waals surface area (Å²) in [6.07, 6.45) is 1.11. The van der Waals surface area contributed by atoms with Crippen molar-refractivity contribution in [2.75, 3.05) is 0 Å². The second-order valence-corrected chi connectivity index (χ2v) is 10.6. The minimum atomic E-state index is -3.93. The molecule has 188 valence electrons. The van der Waals surface area contributed by atoms with E-state index in [1.54, 1.807) is 53.1 Å². The number of nitrogens with zero attached hydrogens (tertiary/aromatic N) is 5. The van der Waals surface area contributed by atoms with Crippen molar-refractivity contribution in [3.05, 3.63) is 103 Å². The molecule has 0 bridgehead atoms. The van der Waals surface area contributed by atoms with Crippen molar-refractivity contribution < 1.29 is 8.42 Å². The maximum Gasteiger partial charge on any atom is 0.332 e. The molecule has 0 atom stereocenters. The van der Waals surface area contributed by atoms with Crippen LogP contribution < -0.4 is 16.4 Å². The van der Waals surface area contributed by atoms with Gasteiger partial charge in [0.25, 0.3) is 5.56 Å². The van der Waals surface area contributed by atoms with E-state index >= 15 is 0 Å². The Hall–Kier alpha value is -3.77. The van der Waals surface area contributed by atoms with Crippen molar-refractivity contribution in [1.82, 2.24) is 23.7 Å². The number of hydrogen-bond donors (Lipinski definition) is 1. The van der Waals surface area contributed by atoms with E-state index in [1.807, 2.05) is 0 Å². The molecule has 37 heavy (non-hydrogen) atoms. The Morgan fingerprint density at radius 1 is 0.973 bits per heavy atom. The number of primary sulfonamides is 1. The lowest BCUT2D eigenvalue weighted by Crippen LogP contribution is -2.39. The summed E-state index contributed by atoms with van der Waals surface area (Å²) in [5.74, 6) is 0.344. The van der Waals surface area contributed by atoms with Crippen molar-refractivity contribution in [1.29, 1.82) is 0 Å². The predicted molar refractivity (Wildman–Crippen MR) is 141 cm³/mol. The largest absolute Gasteiger partial charge is 0.332 e. The molecule has 0 unspecified atom stereocenters. The van der Waals surface area contributed by atoms with Crippen LogP contribution in [0.1, 0.15) is 5.69 Å². The van der Waals surface area contributed by atoms with Crippen LogP contribution in [0.3, 0.4) is 0 Å². The van der Waals surface area contributed by atoms with Crippen molar-refractivity contribution in [3.63, 3.8) is 0 Å². The summed E-state index contributed by atoms with van der Waals surface area (Å²) in [7, 11) is -2.56. The van der Waals surface area contributed by atoms with E-state index in [0.29, 0.717) is 32.8 Å². The first-order valence-electron chi connectivity index (χ1n) is 10.8. The summed E-state index contributed by atoms with van der Waals surface area (Å²) in [6.45, 7) is -0.0893. The van der Waals surface area contributed by atoms with E-state index < -0.39 is 21.3 Å². The highest BCUT2D eigenvalue weighted by atomic mass is 35.5. The molecule has 0 saturated carbocycles. The lowest BCUT2D eigenvalue weighted by Gasteiger charge is -2.12. The molecular formula is C24H18Cl2N6O4S. The Balaban J connectivity index is 1.82. The lowest BCUT2D eigenvalue weighted by molar-refractivity contribution is 0.597. The number of sulfonamides is 1. The van der Waals surface area contributed by atoms with Crippen molar-refractivity contribution in [2.24, 2.45) is 12.2 Å². The summed E-state index contributed by atoms with van der Waals surface area (Å²) in [5.41, 5.74) is 0.549. The molecule has 0 amide bonds. The molecule has 3 heterocycles. The van der Waals surface area contributed by atoms with Crippen LogP contribution in [-0.4, -0.2) is 32.1 Å². The zero-order valence-electron chi connectivity index (χ0n) is 19.2. The summed E-state index contributed by atoms with van der Waals surface area (Å²) in [5, 5.41) is 6.06. The first-order chi connectivity index (χ1) is 17.6. The highest BCUT2D eigenvalue weighted by Crippen LogP contribution is 2.32. The summed E-state index contributed by atoms with van der Waals surface area (Å²) in [6, 6.07) is 16.6. The normalized spacial score (nSPS) is 11.8. The zero-order valence-corrected chi connectivity index (χ0v) is 21.5. The van der Waals surface area contributed by atoms with E-state index in [0.717, 1.165) is 10.8 Å². The number of nitrogens with two attached hydrogens (primary N) is 1. The zero-order chi connectivity index (χ0) is 26.5. The Morgan fingerprint density at radius 3 is 2.30 bits per heavy atom. The third kappa shape index (κ3) is 4.46. The maximum atomic E-state index is 13.4. The molecule has 2 N–H and O–H groups in total. The van der Waals surface area contributed by atoms with Gasteiger partial charge in [-0.1, -0.05) is 35.3 Å². The second-order valence-electron chi connectivity index (χ2n) is 8.16. The Kier molecular flexibility index (Phi) is 6.24. The van der Waals surface area contributed by atoms with Gasteiger partial charge in [0.1, 0.15) is 10.7 Å². The Bertz CT molecular complexity index is 1890.